The highest BCUT2D eigenvalue weighted by Gasteiger charge is 2.21. The Morgan fingerprint density at radius 1 is 1.30 bits per heavy atom. The van der Waals surface area contributed by atoms with Crippen molar-refractivity contribution in [3.63, 3.8) is 0 Å². The van der Waals surface area contributed by atoms with Crippen molar-refractivity contribution < 1.29 is 14.3 Å². The van der Waals surface area contributed by atoms with Crippen LogP contribution in [0.2, 0.25) is 0 Å². The number of amides is 1. The van der Waals surface area contributed by atoms with Crippen LogP contribution in [0.1, 0.15) is 30.8 Å². The van der Waals surface area contributed by atoms with Crippen LogP contribution in [-0.4, -0.2) is 23.2 Å². The lowest BCUT2D eigenvalue weighted by Crippen LogP contribution is -2.40. The Kier molecular flexibility index (Phi) is 4.25. The normalized spacial score (nSPS) is 13.8. The molecular weight excluding hydrogens is 254 g/mol. The van der Waals surface area contributed by atoms with E-state index in [0.717, 1.165) is 11.1 Å². The molecular formula is C16H19NO3. The number of hydrogen-bond acceptors (Lipinski definition) is 3. The second-order valence-electron chi connectivity index (χ2n) is 5.06. The summed E-state index contributed by atoms with van der Waals surface area (Å²) in [5, 5.41) is 12.6. The molecule has 106 valence electrons. The Labute approximate surface area is 118 Å². The van der Waals surface area contributed by atoms with Gasteiger partial charge in [-0.15, -0.1) is 0 Å². The highest BCUT2D eigenvalue weighted by Crippen LogP contribution is 2.24. The molecule has 4 nitrogen and oxygen atoms in total. The first-order valence-electron chi connectivity index (χ1n) is 6.67. The van der Waals surface area contributed by atoms with Crippen LogP contribution in [-0.2, 0) is 0 Å². The summed E-state index contributed by atoms with van der Waals surface area (Å²) in [6.07, 6.45) is 2.06. The van der Waals surface area contributed by atoms with E-state index < -0.39 is 5.60 Å². The molecule has 0 saturated carbocycles. The van der Waals surface area contributed by atoms with Gasteiger partial charge in [0.2, 0.25) is 0 Å². The quantitative estimate of drug-likeness (QED) is 0.880. The van der Waals surface area contributed by atoms with Crippen molar-refractivity contribution in [2.75, 3.05) is 6.54 Å². The fraction of sp³-hybridized carbons (Fsp3) is 0.312. The summed E-state index contributed by atoms with van der Waals surface area (Å²) in [6.45, 7) is 3.75. The van der Waals surface area contributed by atoms with Crippen molar-refractivity contribution in [1.29, 1.82) is 0 Å². The predicted octanol–water partition coefficient (Wildman–Crippen LogP) is 2.84. The largest absolute Gasteiger partial charge is 0.459 e. The molecule has 1 aromatic carbocycles. The van der Waals surface area contributed by atoms with Gasteiger partial charge >= 0.3 is 0 Å². The van der Waals surface area contributed by atoms with Crippen LogP contribution in [0.15, 0.2) is 47.1 Å². The number of aliphatic hydroxyl groups is 1. The predicted molar refractivity (Wildman–Crippen MR) is 77.4 cm³/mol. The number of hydrogen-bond donors (Lipinski definition) is 2. The van der Waals surface area contributed by atoms with Crippen LogP contribution in [0.5, 0.6) is 0 Å². The van der Waals surface area contributed by atoms with E-state index in [1.54, 1.807) is 13.0 Å². The topological polar surface area (TPSA) is 62.5 Å². The number of rotatable bonds is 5. The van der Waals surface area contributed by atoms with Crippen LogP contribution in [0.4, 0.5) is 0 Å². The minimum absolute atomic E-state index is 0.192. The molecule has 1 heterocycles. The van der Waals surface area contributed by atoms with E-state index in [9.17, 15) is 9.90 Å². The van der Waals surface area contributed by atoms with E-state index in [1.165, 1.54) is 6.26 Å². The minimum atomic E-state index is -0.908. The Balaban J connectivity index is 2.14. The fourth-order valence-corrected chi connectivity index (χ4v) is 1.81. The van der Waals surface area contributed by atoms with Crippen molar-refractivity contribution in [2.24, 2.45) is 0 Å². The second-order valence-corrected chi connectivity index (χ2v) is 5.06. The third-order valence-corrected chi connectivity index (χ3v) is 3.35. The third-order valence-electron chi connectivity index (χ3n) is 3.35. The molecule has 0 radical (unpaired) electrons. The lowest BCUT2D eigenvalue weighted by molar-refractivity contribution is 0.0511. The van der Waals surface area contributed by atoms with Gasteiger partial charge in [-0.25, -0.2) is 0 Å². The van der Waals surface area contributed by atoms with E-state index in [2.05, 4.69) is 5.32 Å². The first-order valence-corrected chi connectivity index (χ1v) is 6.67. The maximum Gasteiger partial charge on any atom is 0.287 e. The second kappa shape index (κ2) is 5.92. The van der Waals surface area contributed by atoms with E-state index in [4.69, 9.17) is 4.42 Å². The zero-order chi connectivity index (χ0) is 14.6. The van der Waals surface area contributed by atoms with Crippen molar-refractivity contribution in [1.82, 2.24) is 5.32 Å². The Hall–Kier alpha value is -2.07. The standard InChI is InChI=1S/C16H19NO3/c1-3-16(2,19)11-17-15(18)14-13(9-10-20-14)12-7-5-4-6-8-12/h4-10,19H,3,11H2,1-2H3,(H,17,18). The smallest absolute Gasteiger partial charge is 0.287 e. The molecule has 0 saturated heterocycles. The molecule has 2 N–H and O–H groups in total. The molecule has 2 rings (SSSR count). The number of benzene rings is 1. The lowest BCUT2D eigenvalue weighted by atomic mass is 10.0. The molecule has 4 heteroatoms. The van der Waals surface area contributed by atoms with E-state index in [1.807, 2.05) is 37.3 Å². The van der Waals surface area contributed by atoms with Crippen LogP contribution in [0.3, 0.4) is 0 Å². The highest BCUT2D eigenvalue weighted by atomic mass is 16.3. The average Bonchev–Trinajstić information content (AvgIpc) is 2.95. The van der Waals surface area contributed by atoms with Crippen molar-refractivity contribution in [3.05, 3.63) is 48.4 Å². The summed E-state index contributed by atoms with van der Waals surface area (Å²) in [4.78, 5) is 12.1. The van der Waals surface area contributed by atoms with Crippen LogP contribution >= 0.6 is 0 Å². The van der Waals surface area contributed by atoms with Crippen molar-refractivity contribution in [3.8, 4) is 11.1 Å². The number of nitrogens with one attached hydrogen (secondary N) is 1. The molecule has 1 atom stereocenters. The summed E-state index contributed by atoms with van der Waals surface area (Å²) in [5.74, 6) is -0.0503. The van der Waals surface area contributed by atoms with Gasteiger partial charge < -0.3 is 14.8 Å². The van der Waals surface area contributed by atoms with Gasteiger partial charge in [0.1, 0.15) is 0 Å². The molecule has 0 aliphatic heterocycles. The van der Waals surface area contributed by atoms with Crippen LogP contribution in [0, 0.1) is 0 Å². The molecule has 2 aromatic rings. The molecule has 0 aliphatic rings. The Morgan fingerprint density at radius 3 is 2.65 bits per heavy atom. The van der Waals surface area contributed by atoms with Gasteiger partial charge in [-0.05, 0) is 25.0 Å². The minimum Gasteiger partial charge on any atom is -0.459 e. The van der Waals surface area contributed by atoms with Crippen LogP contribution < -0.4 is 5.32 Å². The fourth-order valence-electron chi connectivity index (χ4n) is 1.81. The molecule has 1 amide bonds. The van der Waals surface area contributed by atoms with Gasteiger partial charge in [0.25, 0.3) is 5.91 Å². The monoisotopic (exact) mass is 273 g/mol. The van der Waals surface area contributed by atoms with E-state index in [-0.39, 0.29) is 18.2 Å². The summed E-state index contributed by atoms with van der Waals surface area (Å²) in [5.41, 5.74) is 0.766. The van der Waals surface area contributed by atoms with E-state index in [0.29, 0.717) is 6.42 Å². The molecule has 1 aromatic heterocycles. The van der Waals surface area contributed by atoms with Gasteiger partial charge in [-0.1, -0.05) is 37.3 Å². The zero-order valence-corrected chi connectivity index (χ0v) is 11.7. The Bertz CT molecular complexity index is 572. The molecule has 0 aliphatic carbocycles. The summed E-state index contributed by atoms with van der Waals surface area (Å²) in [6, 6.07) is 11.3. The van der Waals surface area contributed by atoms with Crippen molar-refractivity contribution in [2.45, 2.75) is 25.9 Å². The highest BCUT2D eigenvalue weighted by molar-refractivity contribution is 5.98. The Morgan fingerprint density at radius 2 is 2.00 bits per heavy atom. The first kappa shape index (κ1) is 14.3. The molecule has 0 fully saturated rings. The first-order chi connectivity index (χ1) is 9.53. The molecule has 0 bridgehead atoms. The summed E-state index contributed by atoms with van der Waals surface area (Å²) >= 11 is 0. The third kappa shape index (κ3) is 3.27. The van der Waals surface area contributed by atoms with E-state index >= 15 is 0 Å². The lowest BCUT2D eigenvalue weighted by Gasteiger charge is -2.21. The summed E-state index contributed by atoms with van der Waals surface area (Å²) < 4.78 is 5.29. The molecule has 20 heavy (non-hydrogen) atoms. The SMILES string of the molecule is CCC(C)(O)CNC(=O)c1occc1-c1ccccc1. The number of carbonyl (C=O) groups is 1. The van der Waals surface area contributed by atoms with Crippen molar-refractivity contribution >= 4 is 5.91 Å². The maximum atomic E-state index is 12.1. The van der Waals surface area contributed by atoms with Gasteiger partial charge in [0.05, 0.1) is 11.9 Å². The molecule has 1 unspecified atom stereocenters. The molecule has 0 spiro atoms. The average molecular weight is 273 g/mol. The maximum absolute atomic E-state index is 12.1. The van der Waals surface area contributed by atoms with Gasteiger partial charge in [-0.2, -0.15) is 0 Å². The van der Waals surface area contributed by atoms with Gasteiger partial charge in [0.15, 0.2) is 5.76 Å². The summed E-state index contributed by atoms with van der Waals surface area (Å²) in [7, 11) is 0. The number of furan rings is 1. The van der Waals surface area contributed by atoms with Gasteiger partial charge in [-0.3, -0.25) is 4.79 Å². The zero-order valence-electron chi connectivity index (χ0n) is 11.7. The van der Waals surface area contributed by atoms with Crippen LogP contribution in [0.25, 0.3) is 11.1 Å². The van der Waals surface area contributed by atoms with Gasteiger partial charge in [0, 0.05) is 12.1 Å². The number of carbonyl (C=O) groups excluding carboxylic acids is 1.